The number of rotatable bonds is 4. The molecule has 0 atom stereocenters. The van der Waals surface area contributed by atoms with Crippen molar-refractivity contribution in [1.29, 1.82) is 0 Å². The maximum Gasteiger partial charge on any atom is 0.193 e. The van der Waals surface area contributed by atoms with E-state index in [-0.39, 0.29) is 5.84 Å². The monoisotopic (exact) mass is 359 g/mol. The lowest BCUT2D eigenvalue weighted by Crippen LogP contribution is -2.18. The SMILES string of the molecule is CC(C)c1ccccc1-c1cc2cnc(N=C(N)c3ncnn3C)cc2[nH]1. The number of pyridine rings is 1. The number of nitrogens with one attached hydrogen (secondary N) is 1. The fraction of sp³-hybridized carbons (Fsp3) is 0.200. The molecule has 4 rings (SSSR count). The quantitative estimate of drug-likeness (QED) is 0.430. The number of hydrogen-bond acceptors (Lipinski definition) is 4. The van der Waals surface area contributed by atoms with Crippen LogP contribution in [0.5, 0.6) is 0 Å². The Labute approximate surface area is 157 Å². The van der Waals surface area contributed by atoms with Gasteiger partial charge in [-0.3, -0.25) is 0 Å². The minimum atomic E-state index is 0.277. The number of aryl methyl sites for hydroxylation is 1. The van der Waals surface area contributed by atoms with Gasteiger partial charge in [0.05, 0.1) is 5.52 Å². The van der Waals surface area contributed by atoms with Crippen LogP contribution in [0.25, 0.3) is 22.2 Å². The van der Waals surface area contributed by atoms with E-state index in [4.69, 9.17) is 5.73 Å². The summed E-state index contributed by atoms with van der Waals surface area (Å²) in [6.07, 6.45) is 3.24. The molecule has 0 aliphatic rings. The Morgan fingerprint density at radius 1 is 1.19 bits per heavy atom. The number of aromatic nitrogens is 5. The van der Waals surface area contributed by atoms with Crippen molar-refractivity contribution in [1.82, 2.24) is 24.7 Å². The van der Waals surface area contributed by atoms with Gasteiger partial charge in [-0.25, -0.2) is 19.6 Å². The summed E-state index contributed by atoms with van der Waals surface area (Å²) in [5.74, 6) is 1.75. The number of nitrogens with zero attached hydrogens (tertiary/aromatic N) is 5. The fourth-order valence-corrected chi connectivity index (χ4v) is 3.17. The van der Waals surface area contributed by atoms with Crippen LogP contribution in [-0.2, 0) is 7.05 Å². The first-order valence-corrected chi connectivity index (χ1v) is 8.79. The molecule has 0 spiro atoms. The minimum absolute atomic E-state index is 0.277. The average Bonchev–Trinajstić information content (AvgIpc) is 3.27. The molecule has 0 aliphatic carbocycles. The van der Waals surface area contributed by atoms with Gasteiger partial charge in [-0.05, 0) is 17.5 Å². The lowest BCUT2D eigenvalue weighted by molar-refractivity contribution is 0.756. The van der Waals surface area contributed by atoms with E-state index in [0.717, 1.165) is 16.6 Å². The van der Waals surface area contributed by atoms with Crippen LogP contribution in [0.2, 0.25) is 0 Å². The van der Waals surface area contributed by atoms with E-state index < -0.39 is 0 Å². The van der Waals surface area contributed by atoms with Gasteiger partial charge in [0.15, 0.2) is 17.5 Å². The van der Waals surface area contributed by atoms with Crippen molar-refractivity contribution in [3.63, 3.8) is 0 Å². The number of H-pyrrole nitrogens is 1. The molecule has 0 saturated carbocycles. The zero-order valence-electron chi connectivity index (χ0n) is 15.5. The number of hydrogen-bond donors (Lipinski definition) is 2. The standard InChI is InChI=1S/C20H21N7/c1-12(2)14-6-4-5-7-15(14)17-8-13-10-22-18(9-16(13)25-17)26-19(21)20-23-11-24-27(20)3/h4-12,25H,1-3H3,(H2,21,22,26). The molecule has 0 aliphatic heterocycles. The Morgan fingerprint density at radius 3 is 2.74 bits per heavy atom. The summed E-state index contributed by atoms with van der Waals surface area (Å²) < 4.78 is 1.58. The van der Waals surface area contributed by atoms with Gasteiger partial charge in [-0.15, -0.1) is 0 Å². The molecule has 3 aromatic heterocycles. The van der Waals surface area contributed by atoms with Crippen molar-refractivity contribution in [2.45, 2.75) is 19.8 Å². The van der Waals surface area contributed by atoms with Crippen LogP contribution in [0.15, 0.2) is 53.9 Å². The van der Waals surface area contributed by atoms with Crippen molar-refractivity contribution in [3.05, 3.63) is 60.3 Å². The molecule has 7 nitrogen and oxygen atoms in total. The molecule has 3 heterocycles. The molecule has 4 aromatic rings. The number of aliphatic imine (C=N–C) groups is 1. The Bertz CT molecular complexity index is 1130. The van der Waals surface area contributed by atoms with E-state index >= 15 is 0 Å². The first-order valence-electron chi connectivity index (χ1n) is 8.79. The summed E-state index contributed by atoms with van der Waals surface area (Å²) >= 11 is 0. The van der Waals surface area contributed by atoms with Gasteiger partial charge in [-0.2, -0.15) is 5.10 Å². The van der Waals surface area contributed by atoms with Crippen LogP contribution in [0.4, 0.5) is 5.82 Å². The van der Waals surface area contributed by atoms with Gasteiger partial charge >= 0.3 is 0 Å². The second-order valence-electron chi connectivity index (χ2n) is 6.76. The van der Waals surface area contributed by atoms with Crippen molar-refractivity contribution in [3.8, 4) is 11.3 Å². The predicted molar refractivity (Wildman–Crippen MR) is 107 cm³/mol. The van der Waals surface area contributed by atoms with Crippen molar-refractivity contribution in [2.24, 2.45) is 17.8 Å². The maximum absolute atomic E-state index is 6.04. The van der Waals surface area contributed by atoms with E-state index in [2.05, 4.69) is 69.2 Å². The highest BCUT2D eigenvalue weighted by Gasteiger charge is 2.11. The number of nitrogens with two attached hydrogens (primary N) is 1. The number of aromatic amines is 1. The number of benzene rings is 1. The van der Waals surface area contributed by atoms with Crippen molar-refractivity contribution in [2.75, 3.05) is 0 Å². The average molecular weight is 359 g/mol. The molecule has 136 valence electrons. The van der Waals surface area contributed by atoms with Gasteiger partial charge in [0, 0.05) is 36.0 Å². The van der Waals surface area contributed by atoms with Gasteiger partial charge < -0.3 is 10.7 Å². The third kappa shape index (κ3) is 3.19. The normalized spacial score (nSPS) is 12.2. The predicted octanol–water partition coefficient (Wildman–Crippen LogP) is 3.52. The zero-order valence-corrected chi connectivity index (χ0v) is 15.5. The zero-order chi connectivity index (χ0) is 19.0. The minimum Gasteiger partial charge on any atom is -0.380 e. The number of amidine groups is 1. The molecule has 0 bridgehead atoms. The van der Waals surface area contributed by atoms with Gasteiger partial charge in [0.25, 0.3) is 0 Å². The summed E-state index contributed by atoms with van der Waals surface area (Å²) in [7, 11) is 1.77. The van der Waals surface area contributed by atoms with E-state index in [1.54, 1.807) is 17.9 Å². The molecule has 0 unspecified atom stereocenters. The van der Waals surface area contributed by atoms with Gasteiger partial charge in [0.1, 0.15) is 6.33 Å². The third-order valence-electron chi connectivity index (χ3n) is 4.54. The molecule has 0 fully saturated rings. The summed E-state index contributed by atoms with van der Waals surface area (Å²) in [5, 5.41) is 5.03. The molecule has 0 amide bonds. The molecule has 0 radical (unpaired) electrons. The lowest BCUT2D eigenvalue weighted by Gasteiger charge is -2.10. The smallest absolute Gasteiger partial charge is 0.193 e. The molecular formula is C20H21N7. The summed E-state index contributed by atoms with van der Waals surface area (Å²) in [6, 6.07) is 12.4. The first kappa shape index (κ1) is 17.0. The second-order valence-corrected chi connectivity index (χ2v) is 6.76. The van der Waals surface area contributed by atoms with E-state index in [0.29, 0.717) is 17.6 Å². The van der Waals surface area contributed by atoms with Crippen LogP contribution in [0, 0.1) is 0 Å². The molecule has 27 heavy (non-hydrogen) atoms. The fourth-order valence-electron chi connectivity index (χ4n) is 3.17. The van der Waals surface area contributed by atoms with Crippen molar-refractivity contribution >= 4 is 22.6 Å². The molecule has 7 heteroatoms. The highest BCUT2D eigenvalue weighted by Crippen LogP contribution is 2.31. The Hall–Kier alpha value is -3.48. The summed E-state index contributed by atoms with van der Waals surface area (Å²) in [4.78, 5) is 16.4. The lowest BCUT2D eigenvalue weighted by atomic mass is 9.95. The third-order valence-corrected chi connectivity index (χ3v) is 4.54. The largest absolute Gasteiger partial charge is 0.380 e. The van der Waals surface area contributed by atoms with Crippen LogP contribution < -0.4 is 5.73 Å². The maximum atomic E-state index is 6.04. The van der Waals surface area contributed by atoms with Crippen LogP contribution >= 0.6 is 0 Å². The summed E-state index contributed by atoms with van der Waals surface area (Å²) in [5.41, 5.74) is 10.6. The molecular weight excluding hydrogens is 338 g/mol. The highest BCUT2D eigenvalue weighted by molar-refractivity contribution is 5.96. The van der Waals surface area contributed by atoms with E-state index in [9.17, 15) is 0 Å². The first-order chi connectivity index (χ1) is 13.0. The van der Waals surface area contributed by atoms with Crippen molar-refractivity contribution < 1.29 is 0 Å². The van der Waals surface area contributed by atoms with Gasteiger partial charge in [-0.1, -0.05) is 38.1 Å². The van der Waals surface area contributed by atoms with E-state index in [1.165, 1.54) is 17.5 Å². The number of fused-ring (bicyclic) bond motifs is 1. The highest BCUT2D eigenvalue weighted by atomic mass is 15.3. The summed E-state index contributed by atoms with van der Waals surface area (Å²) in [6.45, 7) is 4.40. The van der Waals surface area contributed by atoms with Crippen LogP contribution in [-0.4, -0.2) is 30.6 Å². The Kier molecular flexibility index (Phi) is 4.19. The molecule has 3 N–H and O–H groups in total. The van der Waals surface area contributed by atoms with Gasteiger partial charge in [0.2, 0.25) is 0 Å². The van der Waals surface area contributed by atoms with E-state index in [1.807, 2.05) is 6.07 Å². The second kappa shape index (κ2) is 6.68. The van der Waals surface area contributed by atoms with Crippen LogP contribution in [0.3, 0.4) is 0 Å². The van der Waals surface area contributed by atoms with Crippen LogP contribution in [0.1, 0.15) is 31.2 Å². The Balaban J connectivity index is 1.74. The topological polar surface area (TPSA) is 97.8 Å². The Morgan fingerprint density at radius 2 is 2.00 bits per heavy atom. The molecule has 0 saturated heterocycles. The molecule has 1 aromatic carbocycles.